The van der Waals surface area contributed by atoms with Crippen LogP contribution in [0.25, 0.3) is 11.3 Å². The summed E-state index contributed by atoms with van der Waals surface area (Å²) in [4.78, 5) is 20.3. The molecule has 3 heterocycles. The summed E-state index contributed by atoms with van der Waals surface area (Å²) in [6.45, 7) is 3.54. The highest BCUT2D eigenvalue weighted by atomic mass is 16.5. The number of aromatic nitrogens is 2. The first-order valence-corrected chi connectivity index (χ1v) is 6.83. The predicted molar refractivity (Wildman–Crippen MR) is 77.7 cm³/mol. The van der Waals surface area contributed by atoms with E-state index >= 15 is 0 Å². The van der Waals surface area contributed by atoms with E-state index < -0.39 is 0 Å². The minimum absolute atomic E-state index is 0.0472. The maximum atomic E-state index is 12.4. The van der Waals surface area contributed by atoms with Crippen molar-refractivity contribution >= 4 is 5.91 Å². The van der Waals surface area contributed by atoms with E-state index in [9.17, 15) is 4.79 Å². The van der Waals surface area contributed by atoms with E-state index in [1.165, 1.54) is 0 Å². The number of nitrogens with zero attached hydrogens (tertiary/aromatic N) is 4. The second-order valence-electron chi connectivity index (χ2n) is 5.87. The van der Waals surface area contributed by atoms with E-state index in [1.54, 1.807) is 23.4 Å². The normalized spacial score (nSPS) is 16.9. The molecule has 1 amide bonds. The zero-order valence-electron chi connectivity index (χ0n) is 12.4. The minimum Gasteiger partial charge on any atom is -0.355 e. The number of likely N-dealkylation sites (tertiary alicyclic amines) is 1. The number of carbonyl (C=O) groups is 1. The third kappa shape index (κ3) is 2.42. The van der Waals surface area contributed by atoms with Crippen molar-refractivity contribution in [1.29, 1.82) is 0 Å². The molecule has 110 valence electrons. The van der Waals surface area contributed by atoms with Crippen LogP contribution in [0, 0.1) is 0 Å². The molecular formula is C15H18N4O2. The lowest BCUT2D eigenvalue weighted by Gasteiger charge is -2.51. The van der Waals surface area contributed by atoms with Gasteiger partial charge >= 0.3 is 0 Å². The van der Waals surface area contributed by atoms with Crippen LogP contribution >= 0.6 is 0 Å². The van der Waals surface area contributed by atoms with Crippen LogP contribution in [0.2, 0.25) is 0 Å². The van der Waals surface area contributed by atoms with Gasteiger partial charge in [-0.2, -0.15) is 0 Å². The summed E-state index contributed by atoms with van der Waals surface area (Å²) in [5.41, 5.74) is 1.20. The highest BCUT2D eigenvalue weighted by Gasteiger charge is 2.43. The van der Waals surface area contributed by atoms with Gasteiger partial charge < -0.3 is 14.3 Å². The number of carbonyl (C=O) groups excluding carboxylic acids is 1. The van der Waals surface area contributed by atoms with Gasteiger partial charge in [0.25, 0.3) is 5.91 Å². The van der Waals surface area contributed by atoms with Crippen LogP contribution in [0.15, 0.2) is 35.1 Å². The molecule has 0 N–H and O–H groups in total. The Hall–Kier alpha value is -2.21. The zero-order valence-corrected chi connectivity index (χ0v) is 12.4. The van der Waals surface area contributed by atoms with Crippen LogP contribution in [0.4, 0.5) is 0 Å². The third-order valence-electron chi connectivity index (χ3n) is 4.11. The SMILES string of the molecule is CN(C)C1(C)CN(C(=O)c2cc(-c3cccnc3)on2)C1. The summed E-state index contributed by atoms with van der Waals surface area (Å²) in [5, 5.41) is 3.88. The maximum absolute atomic E-state index is 12.4. The van der Waals surface area contributed by atoms with Gasteiger partial charge in [0.1, 0.15) is 0 Å². The van der Waals surface area contributed by atoms with Crippen molar-refractivity contribution in [2.24, 2.45) is 0 Å². The van der Waals surface area contributed by atoms with E-state index in [0.717, 1.165) is 5.56 Å². The van der Waals surface area contributed by atoms with Crippen molar-refractivity contribution in [2.45, 2.75) is 12.5 Å². The first-order valence-electron chi connectivity index (χ1n) is 6.83. The summed E-state index contributed by atoms with van der Waals surface area (Å²) in [7, 11) is 4.05. The summed E-state index contributed by atoms with van der Waals surface area (Å²) < 4.78 is 5.24. The van der Waals surface area contributed by atoms with Gasteiger partial charge in [-0.05, 0) is 33.2 Å². The van der Waals surface area contributed by atoms with Gasteiger partial charge in [0, 0.05) is 37.1 Å². The lowest BCUT2D eigenvalue weighted by Crippen LogP contribution is -2.68. The fourth-order valence-electron chi connectivity index (χ4n) is 2.39. The quantitative estimate of drug-likeness (QED) is 0.856. The molecule has 21 heavy (non-hydrogen) atoms. The summed E-state index contributed by atoms with van der Waals surface area (Å²) in [6, 6.07) is 5.36. The molecule has 0 unspecified atom stereocenters. The van der Waals surface area contributed by atoms with Gasteiger partial charge in [-0.1, -0.05) is 5.16 Å². The lowest BCUT2D eigenvalue weighted by molar-refractivity contribution is -0.00728. The number of likely N-dealkylation sites (N-methyl/N-ethyl adjacent to an activating group) is 1. The molecular weight excluding hydrogens is 268 g/mol. The topological polar surface area (TPSA) is 62.5 Å². The smallest absolute Gasteiger partial charge is 0.276 e. The minimum atomic E-state index is -0.0896. The van der Waals surface area contributed by atoms with E-state index in [-0.39, 0.29) is 11.4 Å². The molecule has 1 aliphatic heterocycles. The molecule has 2 aromatic heterocycles. The van der Waals surface area contributed by atoms with Gasteiger partial charge in [0.05, 0.1) is 5.54 Å². The Kier molecular flexibility index (Phi) is 3.25. The standard InChI is InChI=1S/C15H18N4O2/c1-15(18(2)3)9-19(10-15)14(20)12-7-13(21-17-12)11-5-4-6-16-8-11/h4-8H,9-10H2,1-3H3. The summed E-state index contributed by atoms with van der Waals surface area (Å²) >= 11 is 0. The highest BCUT2D eigenvalue weighted by molar-refractivity contribution is 5.93. The Labute approximate surface area is 123 Å². The molecule has 1 saturated heterocycles. The second kappa shape index (κ2) is 4.96. The molecule has 0 radical (unpaired) electrons. The van der Waals surface area contributed by atoms with E-state index in [1.807, 2.05) is 26.2 Å². The van der Waals surface area contributed by atoms with Crippen molar-refractivity contribution in [3.8, 4) is 11.3 Å². The number of hydrogen-bond donors (Lipinski definition) is 0. The van der Waals surface area contributed by atoms with Crippen LogP contribution in [0.3, 0.4) is 0 Å². The van der Waals surface area contributed by atoms with E-state index in [2.05, 4.69) is 22.0 Å². The van der Waals surface area contributed by atoms with Crippen LogP contribution < -0.4 is 0 Å². The largest absolute Gasteiger partial charge is 0.355 e. The number of rotatable bonds is 3. The first-order chi connectivity index (χ1) is 9.99. The summed E-state index contributed by atoms with van der Waals surface area (Å²) in [6.07, 6.45) is 3.37. The van der Waals surface area contributed by atoms with Crippen molar-refractivity contribution in [3.63, 3.8) is 0 Å². The second-order valence-corrected chi connectivity index (χ2v) is 5.87. The summed E-state index contributed by atoms with van der Waals surface area (Å²) in [5.74, 6) is 0.468. The molecule has 0 aromatic carbocycles. The van der Waals surface area contributed by atoms with Crippen molar-refractivity contribution in [3.05, 3.63) is 36.3 Å². The number of pyridine rings is 1. The Bertz CT molecular complexity index is 645. The zero-order chi connectivity index (χ0) is 15.0. The molecule has 0 atom stereocenters. The number of hydrogen-bond acceptors (Lipinski definition) is 5. The third-order valence-corrected chi connectivity index (χ3v) is 4.11. The fraction of sp³-hybridized carbons (Fsp3) is 0.400. The van der Waals surface area contributed by atoms with Crippen molar-refractivity contribution in [2.75, 3.05) is 27.2 Å². The predicted octanol–water partition coefficient (Wildman–Crippen LogP) is 1.51. The molecule has 0 bridgehead atoms. The Morgan fingerprint density at radius 3 is 2.81 bits per heavy atom. The molecule has 0 saturated carbocycles. The first kappa shape index (κ1) is 13.8. The van der Waals surface area contributed by atoms with Gasteiger partial charge in [0.15, 0.2) is 11.5 Å². The van der Waals surface area contributed by atoms with Gasteiger partial charge in [0.2, 0.25) is 0 Å². The molecule has 1 aliphatic rings. The molecule has 0 aliphatic carbocycles. The molecule has 6 nitrogen and oxygen atoms in total. The van der Waals surface area contributed by atoms with Gasteiger partial charge in [-0.15, -0.1) is 0 Å². The fourth-order valence-corrected chi connectivity index (χ4v) is 2.39. The highest BCUT2D eigenvalue weighted by Crippen LogP contribution is 2.27. The van der Waals surface area contributed by atoms with Crippen molar-refractivity contribution in [1.82, 2.24) is 19.9 Å². The van der Waals surface area contributed by atoms with Gasteiger partial charge in [-0.25, -0.2) is 0 Å². The van der Waals surface area contributed by atoms with Crippen molar-refractivity contribution < 1.29 is 9.32 Å². The van der Waals surface area contributed by atoms with Gasteiger partial charge in [-0.3, -0.25) is 9.78 Å². The maximum Gasteiger partial charge on any atom is 0.276 e. The van der Waals surface area contributed by atoms with Crippen LogP contribution in [-0.2, 0) is 0 Å². The Morgan fingerprint density at radius 2 is 2.19 bits per heavy atom. The van der Waals surface area contributed by atoms with Crippen LogP contribution in [-0.4, -0.2) is 58.6 Å². The average molecular weight is 286 g/mol. The molecule has 2 aromatic rings. The number of amides is 1. The molecule has 3 rings (SSSR count). The average Bonchev–Trinajstić information content (AvgIpc) is 2.93. The van der Waals surface area contributed by atoms with E-state index in [0.29, 0.717) is 24.5 Å². The van der Waals surface area contributed by atoms with Crippen LogP contribution in [0.5, 0.6) is 0 Å². The Balaban J connectivity index is 1.72. The lowest BCUT2D eigenvalue weighted by atomic mass is 9.90. The molecule has 1 fully saturated rings. The Morgan fingerprint density at radius 1 is 1.43 bits per heavy atom. The molecule has 0 spiro atoms. The molecule has 6 heteroatoms. The monoisotopic (exact) mass is 286 g/mol. The van der Waals surface area contributed by atoms with Crippen LogP contribution in [0.1, 0.15) is 17.4 Å². The van der Waals surface area contributed by atoms with E-state index in [4.69, 9.17) is 4.52 Å².